The van der Waals surface area contributed by atoms with Crippen molar-refractivity contribution in [1.82, 2.24) is 0 Å². The first-order valence-electron chi connectivity index (χ1n) is 5.80. The fourth-order valence-corrected chi connectivity index (χ4v) is 2.10. The van der Waals surface area contributed by atoms with Crippen molar-refractivity contribution in [3.63, 3.8) is 0 Å². The highest BCUT2D eigenvalue weighted by Crippen LogP contribution is 2.27. The van der Waals surface area contributed by atoms with Crippen molar-refractivity contribution in [3.05, 3.63) is 28.8 Å². The monoisotopic (exact) mass is 222 g/mol. The number of benzene rings is 1. The zero-order valence-corrected chi connectivity index (χ0v) is 10.2. The highest BCUT2D eigenvalue weighted by atomic mass is 16.6. The minimum absolute atomic E-state index is 0.576. The van der Waals surface area contributed by atoms with Gasteiger partial charge in [0.05, 0.1) is 0 Å². The van der Waals surface area contributed by atoms with Crippen LogP contribution >= 0.6 is 0 Å². The van der Waals surface area contributed by atoms with E-state index in [0.29, 0.717) is 5.75 Å². The molecule has 0 heterocycles. The summed E-state index contributed by atoms with van der Waals surface area (Å²) in [5.41, 5.74) is 3.65. The Hall–Kier alpha value is -0.995. The van der Waals surface area contributed by atoms with Crippen LogP contribution in [0.5, 0.6) is 5.75 Å². The maximum atomic E-state index is 8.85. The summed E-state index contributed by atoms with van der Waals surface area (Å²) in [4.78, 5) is 0. The maximum Gasteiger partial charge on any atom is 0.707 e. The normalized spacial score (nSPS) is 10.3. The Labute approximate surface area is 97.3 Å². The zero-order valence-electron chi connectivity index (χ0n) is 10.2. The summed E-state index contributed by atoms with van der Waals surface area (Å²) >= 11 is 0. The third-order valence-electron chi connectivity index (χ3n) is 2.81. The van der Waals surface area contributed by atoms with Crippen molar-refractivity contribution >= 4 is 7.32 Å². The molecule has 0 saturated heterocycles. The lowest BCUT2D eigenvalue weighted by atomic mass is 9.94. The summed E-state index contributed by atoms with van der Waals surface area (Å²) in [7, 11) is -1.75. The molecule has 0 bridgehead atoms. The van der Waals surface area contributed by atoms with E-state index < -0.39 is 7.32 Å². The molecule has 0 aliphatic heterocycles. The van der Waals surface area contributed by atoms with Gasteiger partial charge in [0.15, 0.2) is 0 Å². The van der Waals surface area contributed by atoms with Gasteiger partial charge in [0.25, 0.3) is 0 Å². The van der Waals surface area contributed by atoms with Gasteiger partial charge in [0.1, 0.15) is 5.75 Å². The van der Waals surface area contributed by atoms with E-state index in [1.807, 2.05) is 19.1 Å². The van der Waals surface area contributed by atoms with Crippen LogP contribution in [0.15, 0.2) is 12.1 Å². The quantitative estimate of drug-likeness (QED) is 0.745. The Morgan fingerprint density at radius 1 is 1.00 bits per heavy atom. The largest absolute Gasteiger partial charge is 0.707 e. The van der Waals surface area contributed by atoms with Crippen molar-refractivity contribution < 1.29 is 14.7 Å². The van der Waals surface area contributed by atoms with Crippen LogP contribution < -0.4 is 4.65 Å². The van der Waals surface area contributed by atoms with Crippen LogP contribution in [0.3, 0.4) is 0 Å². The van der Waals surface area contributed by atoms with Gasteiger partial charge < -0.3 is 14.7 Å². The van der Waals surface area contributed by atoms with Gasteiger partial charge in [-0.2, -0.15) is 0 Å². The molecule has 0 aliphatic rings. The summed E-state index contributed by atoms with van der Waals surface area (Å²) in [5, 5.41) is 17.7. The van der Waals surface area contributed by atoms with E-state index in [1.54, 1.807) is 0 Å². The minimum Gasteiger partial charge on any atom is -0.512 e. The summed E-state index contributed by atoms with van der Waals surface area (Å²) in [6.07, 6.45) is 2.75. The number of hydrogen-bond donors (Lipinski definition) is 2. The molecule has 0 unspecified atom stereocenters. The summed E-state index contributed by atoms with van der Waals surface area (Å²) in [6.45, 7) is 6.27. The fourth-order valence-electron chi connectivity index (χ4n) is 2.10. The second kappa shape index (κ2) is 5.92. The van der Waals surface area contributed by atoms with E-state index in [2.05, 4.69) is 13.8 Å². The lowest BCUT2D eigenvalue weighted by Crippen LogP contribution is -2.21. The van der Waals surface area contributed by atoms with E-state index in [9.17, 15) is 0 Å². The second-order valence-electron chi connectivity index (χ2n) is 3.68. The predicted octanol–water partition coefficient (Wildman–Crippen LogP) is 1.72. The molecule has 0 spiro atoms. The molecular weight excluding hydrogens is 203 g/mol. The molecule has 0 saturated carbocycles. The van der Waals surface area contributed by atoms with Crippen molar-refractivity contribution in [1.29, 1.82) is 0 Å². The van der Waals surface area contributed by atoms with E-state index in [-0.39, 0.29) is 0 Å². The van der Waals surface area contributed by atoms with Crippen LogP contribution in [0.1, 0.15) is 37.5 Å². The molecule has 1 aromatic carbocycles. The second-order valence-corrected chi connectivity index (χ2v) is 3.68. The molecule has 0 fully saturated rings. The van der Waals surface area contributed by atoms with Crippen LogP contribution in [0.2, 0.25) is 0 Å². The first-order valence-corrected chi connectivity index (χ1v) is 5.80. The van der Waals surface area contributed by atoms with Crippen LogP contribution in [0.4, 0.5) is 0 Å². The molecule has 0 aromatic heterocycles. The highest BCUT2D eigenvalue weighted by molar-refractivity contribution is 6.33. The van der Waals surface area contributed by atoms with Crippen molar-refractivity contribution in [2.75, 3.05) is 0 Å². The van der Waals surface area contributed by atoms with E-state index >= 15 is 0 Å². The van der Waals surface area contributed by atoms with Gasteiger partial charge >= 0.3 is 7.32 Å². The number of hydrogen-bond acceptors (Lipinski definition) is 3. The Morgan fingerprint density at radius 3 is 2.06 bits per heavy atom. The van der Waals surface area contributed by atoms with Crippen molar-refractivity contribution in [3.8, 4) is 5.75 Å². The third kappa shape index (κ3) is 2.77. The lowest BCUT2D eigenvalue weighted by molar-refractivity contribution is 0.287. The van der Waals surface area contributed by atoms with Crippen molar-refractivity contribution in [2.45, 2.75) is 40.0 Å². The molecule has 88 valence electrons. The van der Waals surface area contributed by atoms with Gasteiger partial charge in [-0.3, -0.25) is 0 Å². The zero-order chi connectivity index (χ0) is 12.1. The molecule has 4 heteroatoms. The Morgan fingerprint density at radius 2 is 1.62 bits per heavy atom. The standard InChI is InChI=1S/C12H19BO3/c1-4-9-7-8-12(16-13(14)15)11(6-3)10(9)5-2/h7-8,14-15H,4-6H2,1-3H3. The predicted molar refractivity (Wildman–Crippen MR) is 65.4 cm³/mol. The Kier molecular flexibility index (Phi) is 4.84. The first-order chi connectivity index (χ1) is 7.63. The van der Waals surface area contributed by atoms with Crippen LogP contribution in [-0.2, 0) is 19.3 Å². The van der Waals surface area contributed by atoms with Gasteiger partial charge in [-0.1, -0.05) is 26.8 Å². The molecule has 0 atom stereocenters. The Bertz CT molecular complexity index is 350. The minimum atomic E-state index is -1.75. The molecule has 2 N–H and O–H groups in total. The average Bonchev–Trinajstić information content (AvgIpc) is 2.27. The van der Waals surface area contributed by atoms with E-state index in [4.69, 9.17) is 14.7 Å². The molecule has 1 rings (SSSR count). The van der Waals surface area contributed by atoms with E-state index in [0.717, 1.165) is 24.8 Å². The molecule has 0 aliphatic carbocycles. The SMILES string of the molecule is CCc1ccc(OB(O)O)c(CC)c1CC. The summed E-state index contributed by atoms with van der Waals surface area (Å²) in [5.74, 6) is 0.576. The Balaban J connectivity index is 3.20. The average molecular weight is 222 g/mol. The maximum absolute atomic E-state index is 8.85. The van der Waals surface area contributed by atoms with Gasteiger partial charge in [0, 0.05) is 0 Å². The number of aryl methyl sites for hydroxylation is 1. The fraction of sp³-hybridized carbons (Fsp3) is 0.500. The summed E-state index contributed by atoms with van der Waals surface area (Å²) in [6, 6.07) is 3.81. The number of rotatable bonds is 5. The smallest absolute Gasteiger partial charge is 0.512 e. The van der Waals surface area contributed by atoms with Gasteiger partial charge in [-0.05, 0) is 42.0 Å². The molecule has 3 nitrogen and oxygen atoms in total. The van der Waals surface area contributed by atoms with Gasteiger partial charge in [-0.15, -0.1) is 0 Å². The topological polar surface area (TPSA) is 49.7 Å². The summed E-state index contributed by atoms with van der Waals surface area (Å²) < 4.78 is 4.99. The van der Waals surface area contributed by atoms with Crippen LogP contribution in [0.25, 0.3) is 0 Å². The lowest BCUT2D eigenvalue weighted by Gasteiger charge is -2.16. The highest BCUT2D eigenvalue weighted by Gasteiger charge is 2.16. The van der Waals surface area contributed by atoms with Crippen LogP contribution in [-0.4, -0.2) is 17.4 Å². The first kappa shape index (κ1) is 13.1. The van der Waals surface area contributed by atoms with Crippen LogP contribution in [0, 0.1) is 0 Å². The molecule has 1 aromatic rings. The third-order valence-corrected chi connectivity index (χ3v) is 2.81. The molecule has 0 radical (unpaired) electrons. The van der Waals surface area contributed by atoms with Crippen molar-refractivity contribution in [2.24, 2.45) is 0 Å². The van der Waals surface area contributed by atoms with E-state index in [1.165, 1.54) is 11.1 Å². The van der Waals surface area contributed by atoms with Gasteiger partial charge in [0.2, 0.25) is 0 Å². The molecular formula is C12H19BO3. The van der Waals surface area contributed by atoms with Gasteiger partial charge in [-0.25, -0.2) is 0 Å². The molecule has 0 amide bonds. The molecule has 16 heavy (non-hydrogen) atoms.